The van der Waals surface area contributed by atoms with Crippen LogP contribution in [0.1, 0.15) is 31.9 Å². The van der Waals surface area contributed by atoms with E-state index < -0.39 is 12.1 Å². The zero-order valence-corrected chi connectivity index (χ0v) is 15.7. The van der Waals surface area contributed by atoms with Gasteiger partial charge in [0, 0.05) is 9.99 Å². The summed E-state index contributed by atoms with van der Waals surface area (Å²) in [4.78, 5) is 11.5. The number of carboxylic acid groups (broad SMARTS) is 1. The largest absolute Gasteiger partial charge is 0.478 e. The molecule has 0 spiro atoms. The molecule has 1 atom stereocenters. The predicted molar refractivity (Wildman–Crippen MR) is 100 cm³/mol. The molecule has 0 aliphatic heterocycles. The Morgan fingerprint density at radius 3 is 2.13 bits per heavy atom. The molecule has 2 aromatic carbocycles. The molecule has 0 heterocycles. The second kappa shape index (κ2) is 7.34. The maximum Gasteiger partial charge on any atom is 0.345 e. The molecule has 0 fully saturated rings. The van der Waals surface area contributed by atoms with Gasteiger partial charge in [-0.25, -0.2) is 4.79 Å². The van der Waals surface area contributed by atoms with Crippen LogP contribution in [0.4, 0.5) is 0 Å². The van der Waals surface area contributed by atoms with Crippen molar-refractivity contribution in [2.24, 2.45) is 0 Å². The van der Waals surface area contributed by atoms with E-state index in [2.05, 4.69) is 43.4 Å². The van der Waals surface area contributed by atoms with E-state index in [0.29, 0.717) is 12.2 Å². The summed E-state index contributed by atoms with van der Waals surface area (Å²) in [6.07, 6.45) is -0.552. The van der Waals surface area contributed by atoms with E-state index in [1.54, 1.807) is 0 Å². The van der Waals surface area contributed by atoms with Crippen LogP contribution < -0.4 is 4.74 Å². The van der Waals surface area contributed by atoms with Crippen LogP contribution in [0.15, 0.2) is 48.5 Å². The monoisotopic (exact) mass is 424 g/mol. The zero-order valence-electron chi connectivity index (χ0n) is 13.5. The number of rotatable bonds is 5. The third kappa shape index (κ3) is 5.23. The number of ether oxygens (including phenoxy) is 1. The van der Waals surface area contributed by atoms with Crippen LogP contribution in [0.3, 0.4) is 0 Å². The van der Waals surface area contributed by atoms with Crippen molar-refractivity contribution in [2.75, 3.05) is 0 Å². The Balaban J connectivity index is 2.10. The summed E-state index contributed by atoms with van der Waals surface area (Å²) in [5, 5.41) is 9.41. The topological polar surface area (TPSA) is 46.5 Å². The lowest BCUT2D eigenvalue weighted by Crippen LogP contribution is -2.29. The van der Waals surface area contributed by atoms with Crippen LogP contribution in [0, 0.1) is 3.57 Å². The Morgan fingerprint density at radius 1 is 1.09 bits per heavy atom. The molecular weight excluding hydrogens is 403 g/mol. The van der Waals surface area contributed by atoms with Crippen LogP contribution >= 0.6 is 22.6 Å². The van der Waals surface area contributed by atoms with Crippen LogP contribution in [0.25, 0.3) is 0 Å². The number of hydrogen-bond donors (Lipinski definition) is 1. The van der Waals surface area contributed by atoms with Crippen LogP contribution in [0.5, 0.6) is 5.75 Å². The van der Waals surface area contributed by atoms with E-state index in [-0.39, 0.29) is 5.41 Å². The highest BCUT2D eigenvalue weighted by molar-refractivity contribution is 14.1. The molecule has 0 aliphatic rings. The maximum atomic E-state index is 11.5. The first kappa shape index (κ1) is 17.8. The Labute approximate surface area is 150 Å². The summed E-state index contributed by atoms with van der Waals surface area (Å²) in [7, 11) is 0. The third-order valence-corrected chi connectivity index (χ3v) is 4.33. The van der Waals surface area contributed by atoms with E-state index in [0.717, 1.165) is 9.13 Å². The smallest absolute Gasteiger partial charge is 0.345 e. The molecule has 23 heavy (non-hydrogen) atoms. The highest BCUT2D eigenvalue weighted by Crippen LogP contribution is 2.25. The van der Waals surface area contributed by atoms with Crippen molar-refractivity contribution in [2.45, 2.75) is 38.7 Å². The maximum absolute atomic E-state index is 11.5. The molecule has 0 unspecified atom stereocenters. The van der Waals surface area contributed by atoms with Gasteiger partial charge in [0.1, 0.15) is 5.75 Å². The molecular formula is C19H21IO3. The first-order valence-electron chi connectivity index (χ1n) is 7.50. The van der Waals surface area contributed by atoms with Gasteiger partial charge >= 0.3 is 5.97 Å². The van der Waals surface area contributed by atoms with Crippen molar-refractivity contribution in [1.82, 2.24) is 0 Å². The summed E-state index contributed by atoms with van der Waals surface area (Å²) in [5.41, 5.74) is 2.20. The molecule has 0 aliphatic carbocycles. The summed E-state index contributed by atoms with van der Waals surface area (Å²) in [6, 6.07) is 15.4. The van der Waals surface area contributed by atoms with Crippen molar-refractivity contribution in [3.05, 3.63) is 63.2 Å². The Bertz CT molecular complexity index is 655. The molecule has 2 aromatic rings. The van der Waals surface area contributed by atoms with Gasteiger partial charge in [-0.1, -0.05) is 45.0 Å². The Morgan fingerprint density at radius 2 is 1.65 bits per heavy atom. The third-order valence-electron chi connectivity index (χ3n) is 3.61. The van der Waals surface area contributed by atoms with Crippen LogP contribution in [0.2, 0.25) is 0 Å². The number of hydrogen-bond acceptors (Lipinski definition) is 2. The van der Waals surface area contributed by atoms with E-state index >= 15 is 0 Å². The first-order valence-corrected chi connectivity index (χ1v) is 8.58. The van der Waals surface area contributed by atoms with Crippen molar-refractivity contribution >= 4 is 28.6 Å². The highest BCUT2D eigenvalue weighted by atomic mass is 127. The fourth-order valence-electron chi connectivity index (χ4n) is 2.21. The predicted octanol–water partition coefficient (Wildman–Crippen LogP) is 4.66. The number of carbonyl (C=O) groups is 1. The van der Waals surface area contributed by atoms with Gasteiger partial charge in [0.05, 0.1) is 0 Å². The normalized spacial score (nSPS) is 12.7. The lowest BCUT2D eigenvalue weighted by molar-refractivity contribution is -0.145. The minimum atomic E-state index is -0.955. The second-order valence-electron chi connectivity index (χ2n) is 6.55. The zero-order chi connectivity index (χ0) is 17.0. The molecule has 1 N–H and O–H groups in total. The lowest BCUT2D eigenvalue weighted by Gasteiger charge is -2.20. The average molecular weight is 424 g/mol. The fraction of sp³-hybridized carbons (Fsp3) is 0.316. The van der Waals surface area contributed by atoms with Gasteiger partial charge < -0.3 is 9.84 Å². The molecule has 2 rings (SSSR count). The van der Waals surface area contributed by atoms with Crippen LogP contribution in [-0.4, -0.2) is 17.2 Å². The number of halogens is 1. The van der Waals surface area contributed by atoms with Crippen molar-refractivity contribution < 1.29 is 14.6 Å². The average Bonchev–Trinajstić information content (AvgIpc) is 2.48. The van der Waals surface area contributed by atoms with Gasteiger partial charge in [0.25, 0.3) is 0 Å². The number of carboxylic acids is 1. The van der Waals surface area contributed by atoms with Crippen molar-refractivity contribution in [1.29, 1.82) is 0 Å². The van der Waals surface area contributed by atoms with Crippen molar-refractivity contribution in [3.8, 4) is 5.75 Å². The standard InChI is InChI=1S/C19H21IO3/c1-19(2,3)14-6-10-16(11-7-14)23-17(18(21)22)12-13-4-8-15(20)9-5-13/h4-11,17H,12H2,1-3H3,(H,21,22)/t17-/m0/s1. The van der Waals surface area contributed by atoms with E-state index in [4.69, 9.17) is 4.74 Å². The van der Waals surface area contributed by atoms with Gasteiger partial charge in [-0.15, -0.1) is 0 Å². The highest BCUT2D eigenvalue weighted by Gasteiger charge is 2.20. The molecule has 0 saturated carbocycles. The number of aliphatic carboxylic acids is 1. The SMILES string of the molecule is CC(C)(C)c1ccc(O[C@@H](Cc2ccc(I)cc2)C(=O)O)cc1. The molecule has 0 amide bonds. The van der Waals surface area contributed by atoms with E-state index in [9.17, 15) is 9.90 Å². The summed E-state index contributed by atoms with van der Waals surface area (Å²) >= 11 is 2.22. The molecule has 0 aromatic heterocycles. The van der Waals surface area contributed by atoms with Crippen LogP contribution in [-0.2, 0) is 16.6 Å². The second-order valence-corrected chi connectivity index (χ2v) is 7.80. The minimum Gasteiger partial charge on any atom is -0.478 e. The summed E-state index contributed by atoms with van der Waals surface area (Å²) in [6.45, 7) is 6.42. The summed E-state index contributed by atoms with van der Waals surface area (Å²) < 4.78 is 6.80. The molecule has 0 radical (unpaired) electrons. The fourth-order valence-corrected chi connectivity index (χ4v) is 2.57. The number of benzene rings is 2. The Hall–Kier alpha value is -1.56. The minimum absolute atomic E-state index is 0.0614. The first-order chi connectivity index (χ1) is 10.8. The molecule has 122 valence electrons. The van der Waals surface area contributed by atoms with Gasteiger partial charge in [0.2, 0.25) is 0 Å². The van der Waals surface area contributed by atoms with Crippen molar-refractivity contribution in [3.63, 3.8) is 0 Å². The van der Waals surface area contributed by atoms with Gasteiger partial charge in [-0.2, -0.15) is 0 Å². The molecule has 0 bridgehead atoms. The Kier molecular flexibility index (Phi) is 5.68. The van der Waals surface area contributed by atoms with E-state index in [1.165, 1.54) is 5.56 Å². The quantitative estimate of drug-likeness (QED) is 0.711. The van der Waals surface area contributed by atoms with Gasteiger partial charge in [0.15, 0.2) is 6.10 Å². The molecule has 0 saturated heterocycles. The molecule has 3 nitrogen and oxygen atoms in total. The summed E-state index contributed by atoms with van der Waals surface area (Å²) in [5.74, 6) is -0.376. The van der Waals surface area contributed by atoms with Gasteiger partial charge in [-0.3, -0.25) is 0 Å². The molecule has 4 heteroatoms. The van der Waals surface area contributed by atoms with Gasteiger partial charge in [-0.05, 0) is 63.4 Å². The van der Waals surface area contributed by atoms with E-state index in [1.807, 2.05) is 48.5 Å². The lowest BCUT2D eigenvalue weighted by atomic mass is 9.87.